The largest absolute Gasteiger partial charge is 0.305 e. The van der Waals surface area contributed by atoms with Crippen LogP contribution >= 0.6 is 0 Å². The van der Waals surface area contributed by atoms with Gasteiger partial charge in [0.25, 0.3) is 0 Å². The lowest BCUT2D eigenvalue weighted by Gasteiger charge is -2.17. The Bertz CT molecular complexity index is 91.6. The second-order valence-corrected chi connectivity index (χ2v) is 3.17. The van der Waals surface area contributed by atoms with Gasteiger partial charge in [0.05, 0.1) is 0 Å². The Morgan fingerprint density at radius 3 is 2.00 bits per heavy atom. The average Bonchev–Trinajstić information content (AvgIpc) is 2.40. The van der Waals surface area contributed by atoms with Gasteiger partial charge in [0.1, 0.15) is 0 Å². The van der Waals surface area contributed by atoms with Crippen molar-refractivity contribution < 1.29 is 0 Å². The summed E-state index contributed by atoms with van der Waals surface area (Å²) in [5.74, 6) is 0. The highest BCUT2D eigenvalue weighted by molar-refractivity contribution is 4.77. The summed E-state index contributed by atoms with van der Waals surface area (Å²) in [4.78, 5) is 4.69. The molecular formula is C9H22N2. The van der Waals surface area contributed by atoms with Crippen molar-refractivity contribution in [2.24, 2.45) is 0 Å². The van der Waals surface area contributed by atoms with Crippen LogP contribution in [0.2, 0.25) is 0 Å². The number of rotatable bonds is 1. The third-order valence-corrected chi connectivity index (χ3v) is 2.10. The van der Waals surface area contributed by atoms with Gasteiger partial charge in [-0.25, -0.2) is 0 Å². The van der Waals surface area contributed by atoms with Gasteiger partial charge in [0, 0.05) is 12.6 Å². The lowest BCUT2D eigenvalue weighted by atomic mass is 10.2. The molecule has 1 aliphatic rings. The van der Waals surface area contributed by atoms with Gasteiger partial charge < -0.3 is 9.80 Å². The maximum Gasteiger partial charge on any atom is 0.0229 e. The third kappa shape index (κ3) is 3.73. The fourth-order valence-electron chi connectivity index (χ4n) is 1.33. The van der Waals surface area contributed by atoms with E-state index in [1.807, 2.05) is 13.8 Å². The summed E-state index contributed by atoms with van der Waals surface area (Å²) < 4.78 is 0. The van der Waals surface area contributed by atoms with Crippen molar-refractivity contribution in [1.29, 1.82) is 0 Å². The highest BCUT2D eigenvalue weighted by Gasteiger charge is 2.20. The first-order chi connectivity index (χ1) is 5.20. The monoisotopic (exact) mass is 158 g/mol. The van der Waals surface area contributed by atoms with E-state index >= 15 is 0 Å². The molecule has 1 rings (SSSR count). The summed E-state index contributed by atoms with van der Waals surface area (Å²) in [6, 6.07) is 0.801. The Balaban J connectivity index is 0.000000461. The zero-order valence-electron chi connectivity index (χ0n) is 8.59. The van der Waals surface area contributed by atoms with Crippen molar-refractivity contribution in [3.05, 3.63) is 0 Å². The maximum absolute atomic E-state index is 2.38. The summed E-state index contributed by atoms with van der Waals surface area (Å²) >= 11 is 0. The van der Waals surface area contributed by atoms with Crippen LogP contribution in [0.5, 0.6) is 0 Å². The third-order valence-electron chi connectivity index (χ3n) is 2.10. The van der Waals surface area contributed by atoms with Crippen LogP contribution in [0.25, 0.3) is 0 Å². The molecule has 0 aromatic heterocycles. The van der Waals surface area contributed by atoms with Crippen molar-refractivity contribution in [1.82, 2.24) is 9.80 Å². The van der Waals surface area contributed by atoms with Crippen molar-refractivity contribution in [3.63, 3.8) is 0 Å². The first kappa shape index (κ1) is 10.9. The van der Waals surface area contributed by atoms with Gasteiger partial charge in [-0.15, -0.1) is 0 Å². The van der Waals surface area contributed by atoms with Gasteiger partial charge in [-0.05, 0) is 34.1 Å². The molecule has 11 heavy (non-hydrogen) atoms. The molecule has 2 heteroatoms. The fourth-order valence-corrected chi connectivity index (χ4v) is 1.33. The van der Waals surface area contributed by atoms with Crippen LogP contribution in [0.1, 0.15) is 20.3 Å². The van der Waals surface area contributed by atoms with Crippen molar-refractivity contribution >= 4 is 0 Å². The molecule has 0 radical (unpaired) electrons. The average molecular weight is 158 g/mol. The van der Waals surface area contributed by atoms with Crippen LogP contribution in [0, 0.1) is 0 Å². The Kier molecular flexibility index (Phi) is 5.51. The summed E-state index contributed by atoms with van der Waals surface area (Å²) in [6.07, 6.45) is 1.34. The summed E-state index contributed by atoms with van der Waals surface area (Å²) in [7, 11) is 6.50. The van der Waals surface area contributed by atoms with Crippen molar-refractivity contribution in [2.45, 2.75) is 26.3 Å². The number of likely N-dealkylation sites (tertiary alicyclic amines) is 1. The van der Waals surface area contributed by atoms with Gasteiger partial charge in [0.2, 0.25) is 0 Å². The SMILES string of the molecule is CC.CN1CCC(N(C)C)C1. The molecule has 0 bridgehead atoms. The van der Waals surface area contributed by atoms with E-state index in [4.69, 9.17) is 0 Å². The normalized spacial score (nSPS) is 25.1. The van der Waals surface area contributed by atoms with Gasteiger partial charge in [0.15, 0.2) is 0 Å². The standard InChI is InChI=1S/C7H16N2.C2H6/c1-8(2)7-4-5-9(3)6-7;1-2/h7H,4-6H2,1-3H3;1-2H3. The van der Waals surface area contributed by atoms with E-state index in [0.717, 1.165) is 6.04 Å². The predicted octanol–water partition coefficient (Wildman–Crippen LogP) is 1.28. The van der Waals surface area contributed by atoms with Crippen LogP contribution < -0.4 is 0 Å². The van der Waals surface area contributed by atoms with Gasteiger partial charge >= 0.3 is 0 Å². The fraction of sp³-hybridized carbons (Fsp3) is 1.00. The molecule has 0 saturated carbocycles. The number of hydrogen-bond acceptors (Lipinski definition) is 2. The van der Waals surface area contributed by atoms with E-state index < -0.39 is 0 Å². The number of hydrogen-bond donors (Lipinski definition) is 0. The van der Waals surface area contributed by atoms with E-state index in [-0.39, 0.29) is 0 Å². The van der Waals surface area contributed by atoms with Gasteiger partial charge in [-0.3, -0.25) is 0 Å². The molecule has 2 nitrogen and oxygen atoms in total. The van der Waals surface area contributed by atoms with Gasteiger partial charge in [-0.1, -0.05) is 13.8 Å². The second kappa shape index (κ2) is 5.56. The van der Waals surface area contributed by atoms with Crippen LogP contribution in [-0.2, 0) is 0 Å². The van der Waals surface area contributed by atoms with Crippen LogP contribution in [0.3, 0.4) is 0 Å². The first-order valence-electron chi connectivity index (χ1n) is 4.55. The predicted molar refractivity (Wildman–Crippen MR) is 50.9 cm³/mol. The number of likely N-dealkylation sites (N-methyl/N-ethyl adjacent to an activating group) is 2. The highest BCUT2D eigenvalue weighted by atomic mass is 15.2. The van der Waals surface area contributed by atoms with E-state index in [1.54, 1.807) is 0 Å². The van der Waals surface area contributed by atoms with E-state index in [0.29, 0.717) is 0 Å². The molecule has 0 spiro atoms. The Hall–Kier alpha value is -0.0800. The minimum atomic E-state index is 0.801. The Labute approximate surface area is 71.2 Å². The molecule has 1 unspecified atom stereocenters. The Morgan fingerprint density at radius 1 is 1.27 bits per heavy atom. The van der Waals surface area contributed by atoms with E-state index in [2.05, 4.69) is 30.9 Å². The second-order valence-electron chi connectivity index (χ2n) is 3.17. The zero-order valence-corrected chi connectivity index (χ0v) is 8.59. The molecule has 1 heterocycles. The Morgan fingerprint density at radius 2 is 1.82 bits per heavy atom. The summed E-state index contributed by atoms with van der Waals surface area (Å²) in [6.45, 7) is 6.51. The van der Waals surface area contributed by atoms with E-state index in [1.165, 1.54) is 19.5 Å². The van der Waals surface area contributed by atoms with Crippen LogP contribution in [0.4, 0.5) is 0 Å². The van der Waals surface area contributed by atoms with Gasteiger partial charge in [-0.2, -0.15) is 0 Å². The summed E-state index contributed by atoms with van der Waals surface area (Å²) in [5.41, 5.74) is 0. The molecule has 68 valence electrons. The quantitative estimate of drug-likeness (QED) is 0.567. The van der Waals surface area contributed by atoms with Crippen LogP contribution in [0.15, 0.2) is 0 Å². The highest BCUT2D eigenvalue weighted by Crippen LogP contribution is 2.09. The molecule has 0 aromatic rings. The molecule has 0 N–H and O–H groups in total. The van der Waals surface area contributed by atoms with Crippen LogP contribution in [-0.4, -0.2) is 50.1 Å². The molecule has 1 aliphatic heterocycles. The molecule has 1 saturated heterocycles. The number of nitrogens with zero attached hydrogens (tertiary/aromatic N) is 2. The molecular weight excluding hydrogens is 136 g/mol. The first-order valence-corrected chi connectivity index (χ1v) is 4.55. The lowest BCUT2D eigenvalue weighted by molar-refractivity contribution is 0.288. The van der Waals surface area contributed by atoms with Crippen molar-refractivity contribution in [3.8, 4) is 0 Å². The van der Waals surface area contributed by atoms with Crippen molar-refractivity contribution in [2.75, 3.05) is 34.2 Å². The molecule has 0 aliphatic carbocycles. The van der Waals surface area contributed by atoms with E-state index in [9.17, 15) is 0 Å². The minimum absolute atomic E-state index is 0.801. The zero-order chi connectivity index (χ0) is 8.85. The lowest BCUT2D eigenvalue weighted by Crippen LogP contribution is -2.30. The summed E-state index contributed by atoms with van der Waals surface area (Å²) in [5, 5.41) is 0. The minimum Gasteiger partial charge on any atom is -0.305 e. The molecule has 0 aromatic carbocycles. The maximum atomic E-state index is 2.38. The topological polar surface area (TPSA) is 6.48 Å². The molecule has 1 atom stereocenters. The molecule has 1 fully saturated rings. The smallest absolute Gasteiger partial charge is 0.0229 e. The molecule has 0 amide bonds.